The summed E-state index contributed by atoms with van der Waals surface area (Å²) in [5.41, 5.74) is 12.3. The summed E-state index contributed by atoms with van der Waals surface area (Å²) in [5.74, 6) is 0.774. The molecule has 3 aromatic heterocycles. The van der Waals surface area contributed by atoms with Gasteiger partial charge in [-0.3, -0.25) is 4.90 Å². The first-order valence-electron chi connectivity index (χ1n) is 14.9. The topological polar surface area (TPSA) is 93.1 Å². The number of nitrogen functional groups attached to an aromatic ring is 1. The monoisotopic (exact) mass is 567 g/mol. The Morgan fingerprint density at radius 3 is 2.38 bits per heavy atom. The van der Waals surface area contributed by atoms with Gasteiger partial charge in [-0.1, -0.05) is 12.1 Å². The third-order valence-corrected chi connectivity index (χ3v) is 9.29. The van der Waals surface area contributed by atoms with Crippen LogP contribution in [0.15, 0.2) is 48.9 Å². The summed E-state index contributed by atoms with van der Waals surface area (Å²) in [6.07, 6.45) is 8.46. The summed E-state index contributed by atoms with van der Waals surface area (Å²) in [4.78, 5) is 18.7. The van der Waals surface area contributed by atoms with E-state index in [9.17, 15) is 4.39 Å². The Bertz CT molecular complexity index is 1740. The predicted molar refractivity (Wildman–Crippen MR) is 166 cm³/mol. The van der Waals surface area contributed by atoms with Gasteiger partial charge in [0.1, 0.15) is 23.3 Å². The van der Waals surface area contributed by atoms with Gasteiger partial charge in [0.15, 0.2) is 5.82 Å². The number of rotatable bonds is 5. The average Bonchev–Trinajstić information content (AvgIpc) is 3.53. The Balaban J connectivity index is 1.13. The van der Waals surface area contributed by atoms with Crippen LogP contribution in [0.3, 0.4) is 0 Å². The molecule has 0 atom stereocenters. The fourth-order valence-corrected chi connectivity index (χ4v) is 6.85. The molecule has 2 aliphatic rings. The van der Waals surface area contributed by atoms with E-state index in [-0.39, 0.29) is 5.82 Å². The first kappa shape index (κ1) is 26.9. The van der Waals surface area contributed by atoms with Crippen LogP contribution in [0.2, 0.25) is 0 Å². The quantitative estimate of drug-likeness (QED) is 0.290. The van der Waals surface area contributed by atoms with Crippen molar-refractivity contribution in [2.75, 3.05) is 44.3 Å². The number of aromatic nitrogens is 5. The number of aryl methyl sites for hydroxylation is 2. The van der Waals surface area contributed by atoms with Gasteiger partial charge in [0.25, 0.3) is 0 Å². The molecular weight excluding hydrogens is 529 g/mol. The Hall–Kier alpha value is -4.02. The number of nitrogens with zero attached hydrogens (tertiary/aromatic N) is 7. The van der Waals surface area contributed by atoms with Crippen molar-refractivity contribution in [2.24, 2.45) is 7.05 Å². The zero-order valence-corrected chi connectivity index (χ0v) is 24.5. The molecule has 0 amide bonds. The van der Waals surface area contributed by atoms with Gasteiger partial charge in [0, 0.05) is 62.8 Å². The van der Waals surface area contributed by atoms with Crippen LogP contribution >= 0.6 is 0 Å². The third kappa shape index (κ3) is 4.78. The highest BCUT2D eigenvalue weighted by molar-refractivity contribution is 6.00. The molecule has 9 nitrogen and oxygen atoms in total. The first-order valence-corrected chi connectivity index (χ1v) is 14.9. The van der Waals surface area contributed by atoms with Crippen molar-refractivity contribution in [1.29, 1.82) is 0 Å². The summed E-state index contributed by atoms with van der Waals surface area (Å²) in [6.45, 7) is 6.55. The van der Waals surface area contributed by atoms with Gasteiger partial charge in [0.05, 0.1) is 10.9 Å². The van der Waals surface area contributed by atoms with Gasteiger partial charge in [-0.15, -0.1) is 0 Å². The Morgan fingerprint density at radius 2 is 1.64 bits per heavy atom. The van der Waals surface area contributed by atoms with E-state index < -0.39 is 0 Å². The number of halogens is 1. The molecule has 0 radical (unpaired) electrons. The average molecular weight is 568 g/mol. The van der Waals surface area contributed by atoms with Gasteiger partial charge < -0.3 is 25.1 Å². The molecule has 7 rings (SSSR count). The predicted octanol–water partition coefficient (Wildman–Crippen LogP) is 5.49. The van der Waals surface area contributed by atoms with E-state index in [0.29, 0.717) is 29.4 Å². The number of nitrogens with one attached hydrogen (secondary N) is 1. The standard InChI is InChI=1S/C32H38FN9/c1-20-16-26(33)29-27(17-20)40(3)32(38-29)37-22-6-4-21(5-7-22)25-18-42(31-28(25)30(34)35-19-36-31)24-10-8-23(9-11-24)41-14-12-39(2)13-15-41/h4-7,16-19,23-24H,8-15H2,1-3H3,(H,37,38)(H2,34,35,36)/t23-,24+. The minimum Gasteiger partial charge on any atom is -0.383 e. The molecule has 1 aliphatic carbocycles. The van der Waals surface area contributed by atoms with E-state index in [1.165, 1.54) is 32.0 Å². The van der Waals surface area contributed by atoms with Crippen LogP contribution < -0.4 is 11.1 Å². The summed E-state index contributed by atoms with van der Waals surface area (Å²) < 4.78 is 18.7. The zero-order chi connectivity index (χ0) is 29.0. The van der Waals surface area contributed by atoms with E-state index in [2.05, 4.69) is 55.0 Å². The van der Waals surface area contributed by atoms with Crippen LogP contribution in [0.25, 0.3) is 33.2 Å². The molecule has 1 aliphatic heterocycles. The minimum absolute atomic E-state index is 0.312. The summed E-state index contributed by atoms with van der Waals surface area (Å²) >= 11 is 0. The molecule has 10 heteroatoms. The van der Waals surface area contributed by atoms with Crippen molar-refractivity contribution in [3.63, 3.8) is 0 Å². The second-order valence-electron chi connectivity index (χ2n) is 12.0. The largest absolute Gasteiger partial charge is 0.383 e. The molecule has 0 unspecified atom stereocenters. The highest BCUT2D eigenvalue weighted by atomic mass is 19.1. The van der Waals surface area contributed by atoms with Crippen molar-refractivity contribution in [1.82, 2.24) is 33.9 Å². The molecule has 218 valence electrons. The van der Waals surface area contributed by atoms with Gasteiger partial charge in [-0.05, 0) is 75.0 Å². The van der Waals surface area contributed by atoms with Gasteiger partial charge in [-0.25, -0.2) is 19.3 Å². The fourth-order valence-electron chi connectivity index (χ4n) is 6.85. The SMILES string of the molecule is Cc1cc(F)c2nc(Nc3ccc(-c4cn([C@H]5CC[C@@H](N6CCN(C)CC6)CC5)c5ncnc(N)c45)cc3)n(C)c2c1. The molecular formula is C32H38FN9. The molecule has 5 aromatic rings. The number of anilines is 3. The Morgan fingerprint density at radius 1 is 0.929 bits per heavy atom. The molecule has 3 N–H and O–H groups in total. The maximum absolute atomic E-state index is 14.5. The zero-order valence-electron chi connectivity index (χ0n) is 24.5. The lowest BCUT2D eigenvalue weighted by Crippen LogP contribution is -2.49. The maximum atomic E-state index is 14.5. The van der Waals surface area contributed by atoms with Crippen LogP contribution in [0, 0.1) is 12.7 Å². The Labute approximate surface area is 245 Å². The van der Waals surface area contributed by atoms with Gasteiger partial charge in [0.2, 0.25) is 5.95 Å². The summed E-state index contributed by atoms with van der Waals surface area (Å²) in [5, 5.41) is 4.25. The van der Waals surface area contributed by atoms with Crippen LogP contribution in [0.5, 0.6) is 0 Å². The molecule has 4 heterocycles. The van der Waals surface area contributed by atoms with E-state index in [0.717, 1.165) is 64.9 Å². The van der Waals surface area contributed by atoms with Crippen molar-refractivity contribution in [3.05, 3.63) is 60.3 Å². The molecule has 42 heavy (non-hydrogen) atoms. The van der Waals surface area contributed by atoms with Crippen molar-refractivity contribution in [3.8, 4) is 11.1 Å². The van der Waals surface area contributed by atoms with E-state index in [4.69, 9.17) is 10.7 Å². The molecule has 2 aromatic carbocycles. The Kier molecular flexibility index (Phi) is 6.82. The van der Waals surface area contributed by atoms with Gasteiger partial charge >= 0.3 is 0 Å². The third-order valence-electron chi connectivity index (χ3n) is 9.29. The van der Waals surface area contributed by atoms with Crippen molar-refractivity contribution in [2.45, 2.75) is 44.7 Å². The number of imidazole rings is 1. The highest BCUT2D eigenvalue weighted by Gasteiger charge is 2.30. The number of hydrogen-bond acceptors (Lipinski definition) is 7. The number of fused-ring (bicyclic) bond motifs is 2. The number of likely N-dealkylation sites (N-methyl/N-ethyl adjacent to an activating group) is 1. The number of benzene rings is 2. The van der Waals surface area contributed by atoms with E-state index in [1.54, 1.807) is 6.33 Å². The summed E-state index contributed by atoms with van der Waals surface area (Å²) in [7, 11) is 4.10. The second kappa shape index (κ2) is 10.7. The molecule has 0 bridgehead atoms. The lowest BCUT2D eigenvalue weighted by molar-refractivity contribution is 0.0828. The second-order valence-corrected chi connectivity index (χ2v) is 12.0. The lowest BCUT2D eigenvalue weighted by Gasteiger charge is -2.41. The van der Waals surface area contributed by atoms with Crippen molar-refractivity contribution >= 4 is 39.5 Å². The molecule has 0 spiro atoms. The van der Waals surface area contributed by atoms with Crippen molar-refractivity contribution < 1.29 is 4.39 Å². The number of nitrogens with two attached hydrogens (primary N) is 1. The van der Waals surface area contributed by atoms with E-state index in [1.807, 2.05) is 36.7 Å². The summed E-state index contributed by atoms with van der Waals surface area (Å²) in [6, 6.07) is 12.7. The van der Waals surface area contributed by atoms with Crippen LogP contribution in [0.1, 0.15) is 37.3 Å². The van der Waals surface area contributed by atoms with Crippen LogP contribution in [-0.4, -0.2) is 73.2 Å². The lowest BCUT2D eigenvalue weighted by atomic mass is 9.89. The number of hydrogen-bond donors (Lipinski definition) is 2. The minimum atomic E-state index is -0.312. The van der Waals surface area contributed by atoms with Gasteiger partial charge in [-0.2, -0.15) is 0 Å². The fraction of sp³-hybridized carbons (Fsp3) is 0.406. The van der Waals surface area contributed by atoms with E-state index >= 15 is 0 Å². The normalized spacial score (nSPS) is 20.5. The molecule has 1 saturated heterocycles. The van der Waals surface area contributed by atoms with Crippen LogP contribution in [0.4, 0.5) is 21.8 Å². The first-order chi connectivity index (χ1) is 20.4. The molecule has 1 saturated carbocycles. The molecule has 2 fully saturated rings. The highest BCUT2D eigenvalue weighted by Crippen LogP contribution is 2.39. The number of piperazine rings is 1. The maximum Gasteiger partial charge on any atom is 0.208 e. The van der Waals surface area contributed by atoms with Crippen LogP contribution in [-0.2, 0) is 7.05 Å². The smallest absolute Gasteiger partial charge is 0.208 e.